The lowest BCUT2D eigenvalue weighted by Crippen LogP contribution is -2.30. The van der Waals surface area contributed by atoms with Gasteiger partial charge in [-0.25, -0.2) is 0 Å². The van der Waals surface area contributed by atoms with Crippen LogP contribution in [0.1, 0.15) is 25.7 Å². The molecule has 2 unspecified atom stereocenters. The molecule has 1 aromatic heterocycles. The summed E-state index contributed by atoms with van der Waals surface area (Å²) in [5, 5.41) is 13.0. The molecule has 3 N–H and O–H groups in total. The summed E-state index contributed by atoms with van der Waals surface area (Å²) in [5.41, 5.74) is 1.75. The minimum Gasteiger partial charge on any atom is -0.481 e. The highest BCUT2D eigenvalue weighted by atomic mass is 16.4. The summed E-state index contributed by atoms with van der Waals surface area (Å²) in [6.07, 6.45) is 4.50. The molecule has 3 rings (SSSR count). The second-order valence-corrected chi connectivity index (χ2v) is 5.63. The topological polar surface area (TPSA) is 82.2 Å². The molecule has 21 heavy (non-hydrogen) atoms. The first kappa shape index (κ1) is 13.7. The van der Waals surface area contributed by atoms with Crippen molar-refractivity contribution in [3.05, 3.63) is 30.5 Å². The number of aromatic nitrogens is 1. The van der Waals surface area contributed by atoms with Crippen LogP contribution in [0.3, 0.4) is 0 Å². The normalized spacial score (nSPS) is 22.1. The third kappa shape index (κ3) is 2.77. The maximum atomic E-state index is 12.4. The molecule has 0 bridgehead atoms. The monoisotopic (exact) mass is 286 g/mol. The molecule has 2 aromatic rings. The van der Waals surface area contributed by atoms with E-state index in [1.54, 1.807) is 0 Å². The van der Waals surface area contributed by atoms with Gasteiger partial charge in [0.2, 0.25) is 5.91 Å². The smallest absolute Gasteiger partial charge is 0.306 e. The summed E-state index contributed by atoms with van der Waals surface area (Å²) in [6.45, 7) is 0. The van der Waals surface area contributed by atoms with Crippen molar-refractivity contribution in [2.75, 3.05) is 5.32 Å². The van der Waals surface area contributed by atoms with Gasteiger partial charge in [-0.3, -0.25) is 9.59 Å². The van der Waals surface area contributed by atoms with Gasteiger partial charge in [0.15, 0.2) is 0 Å². The maximum Gasteiger partial charge on any atom is 0.306 e. The fraction of sp³-hybridized carbons (Fsp3) is 0.375. The number of nitrogens with one attached hydrogen (secondary N) is 2. The molecule has 1 aromatic carbocycles. The number of carbonyl (C=O) groups excluding carboxylic acids is 1. The molecule has 1 fully saturated rings. The van der Waals surface area contributed by atoms with Gasteiger partial charge in [-0.2, -0.15) is 0 Å². The third-order valence-corrected chi connectivity index (χ3v) is 4.25. The quantitative estimate of drug-likeness (QED) is 0.811. The number of H-pyrrole nitrogens is 1. The zero-order chi connectivity index (χ0) is 14.8. The van der Waals surface area contributed by atoms with Gasteiger partial charge in [0, 0.05) is 23.0 Å². The molecule has 2 atom stereocenters. The molecule has 5 nitrogen and oxygen atoms in total. The summed E-state index contributed by atoms with van der Waals surface area (Å²) >= 11 is 0. The van der Waals surface area contributed by atoms with Gasteiger partial charge in [-0.1, -0.05) is 12.5 Å². The predicted molar refractivity (Wildman–Crippen MR) is 80.0 cm³/mol. The van der Waals surface area contributed by atoms with Crippen molar-refractivity contribution in [1.82, 2.24) is 4.98 Å². The van der Waals surface area contributed by atoms with Crippen LogP contribution in [0, 0.1) is 11.8 Å². The first-order valence-electron chi connectivity index (χ1n) is 7.25. The second kappa shape index (κ2) is 5.60. The van der Waals surface area contributed by atoms with Gasteiger partial charge in [-0.15, -0.1) is 0 Å². The van der Waals surface area contributed by atoms with E-state index in [9.17, 15) is 9.59 Å². The fourth-order valence-electron chi connectivity index (χ4n) is 3.08. The van der Waals surface area contributed by atoms with Crippen molar-refractivity contribution in [2.24, 2.45) is 11.8 Å². The Morgan fingerprint density at radius 2 is 2.00 bits per heavy atom. The number of benzene rings is 1. The zero-order valence-electron chi connectivity index (χ0n) is 11.6. The minimum atomic E-state index is -0.791. The Morgan fingerprint density at radius 1 is 1.19 bits per heavy atom. The summed E-state index contributed by atoms with van der Waals surface area (Å²) in [5.74, 6) is -1.47. The molecule has 1 amide bonds. The van der Waals surface area contributed by atoms with Crippen LogP contribution in [0.2, 0.25) is 0 Å². The number of aromatic amines is 1. The largest absolute Gasteiger partial charge is 0.481 e. The first-order chi connectivity index (χ1) is 10.1. The van der Waals surface area contributed by atoms with Crippen LogP contribution in [-0.4, -0.2) is 22.0 Å². The van der Waals surface area contributed by atoms with E-state index in [0.717, 1.165) is 29.4 Å². The minimum absolute atomic E-state index is 0.0744. The van der Waals surface area contributed by atoms with Crippen molar-refractivity contribution in [2.45, 2.75) is 25.7 Å². The number of fused-ring (bicyclic) bond motifs is 1. The van der Waals surface area contributed by atoms with E-state index in [0.29, 0.717) is 12.8 Å². The molecule has 1 aliphatic rings. The molecular weight excluding hydrogens is 268 g/mol. The number of hydrogen-bond acceptors (Lipinski definition) is 2. The summed E-state index contributed by atoms with van der Waals surface area (Å²) in [6, 6.07) is 7.62. The molecule has 110 valence electrons. The van der Waals surface area contributed by atoms with E-state index in [1.807, 2.05) is 30.5 Å². The Balaban J connectivity index is 1.74. The van der Waals surface area contributed by atoms with Crippen LogP contribution in [0.4, 0.5) is 5.69 Å². The van der Waals surface area contributed by atoms with E-state index < -0.39 is 11.9 Å². The lowest BCUT2D eigenvalue weighted by Gasteiger charge is -2.25. The maximum absolute atomic E-state index is 12.4. The van der Waals surface area contributed by atoms with Crippen LogP contribution in [0.5, 0.6) is 0 Å². The number of rotatable bonds is 3. The van der Waals surface area contributed by atoms with E-state index >= 15 is 0 Å². The number of anilines is 1. The average Bonchev–Trinajstić information content (AvgIpc) is 2.97. The third-order valence-electron chi connectivity index (χ3n) is 4.25. The second-order valence-electron chi connectivity index (χ2n) is 5.63. The van der Waals surface area contributed by atoms with Crippen molar-refractivity contribution in [3.63, 3.8) is 0 Å². The predicted octanol–water partition coefficient (Wildman–Crippen LogP) is 3.00. The molecule has 1 aliphatic carbocycles. The van der Waals surface area contributed by atoms with Gasteiger partial charge >= 0.3 is 5.97 Å². The van der Waals surface area contributed by atoms with E-state index in [-0.39, 0.29) is 11.8 Å². The van der Waals surface area contributed by atoms with Gasteiger partial charge in [0.05, 0.1) is 11.6 Å². The number of carboxylic acids is 1. The molecule has 0 spiro atoms. The Morgan fingerprint density at radius 3 is 2.81 bits per heavy atom. The Bertz CT molecular complexity index is 677. The number of hydrogen-bond donors (Lipinski definition) is 3. The van der Waals surface area contributed by atoms with E-state index in [2.05, 4.69) is 10.3 Å². The van der Waals surface area contributed by atoms with Gasteiger partial charge < -0.3 is 15.4 Å². The molecule has 5 heteroatoms. The highest BCUT2D eigenvalue weighted by molar-refractivity contribution is 6.02. The van der Waals surface area contributed by atoms with E-state index in [1.165, 1.54) is 0 Å². The Kier molecular flexibility index (Phi) is 3.64. The average molecular weight is 286 g/mol. The Labute approximate surface area is 122 Å². The van der Waals surface area contributed by atoms with Crippen LogP contribution in [-0.2, 0) is 9.59 Å². The van der Waals surface area contributed by atoms with Crippen molar-refractivity contribution >= 4 is 28.5 Å². The lowest BCUT2D eigenvalue weighted by molar-refractivity contribution is -0.143. The van der Waals surface area contributed by atoms with Crippen molar-refractivity contribution < 1.29 is 14.7 Å². The van der Waals surface area contributed by atoms with Crippen LogP contribution in [0.15, 0.2) is 30.5 Å². The zero-order valence-corrected chi connectivity index (χ0v) is 11.6. The number of aliphatic carboxylic acids is 1. The highest BCUT2D eigenvalue weighted by Crippen LogP contribution is 2.31. The van der Waals surface area contributed by atoms with Gasteiger partial charge in [0.1, 0.15) is 0 Å². The molecule has 1 saturated carbocycles. The summed E-state index contributed by atoms with van der Waals surface area (Å²) in [4.78, 5) is 26.6. The Hall–Kier alpha value is -2.30. The fourth-order valence-corrected chi connectivity index (χ4v) is 3.08. The van der Waals surface area contributed by atoms with Crippen molar-refractivity contribution in [1.29, 1.82) is 0 Å². The first-order valence-corrected chi connectivity index (χ1v) is 7.25. The molecular formula is C16H18N2O3. The SMILES string of the molecule is O=C(O)C1CCCC(C(=O)Nc2cccc3[nH]ccc23)C1. The molecule has 1 heterocycles. The van der Waals surface area contributed by atoms with Crippen molar-refractivity contribution in [3.8, 4) is 0 Å². The molecule has 0 aliphatic heterocycles. The van der Waals surface area contributed by atoms with Gasteiger partial charge in [0.25, 0.3) is 0 Å². The number of carboxylic acid groups (broad SMARTS) is 1. The number of carbonyl (C=O) groups is 2. The lowest BCUT2D eigenvalue weighted by atomic mass is 9.81. The highest BCUT2D eigenvalue weighted by Gasteiger charge is 2.31. The molecule has 0 radical (unpaired) electrons. The van der Waals surface area contributed by atoms with Gasteiger partial charge in [-0.05, 0) is 37.5 Å². The van der Waals surface area contributed by atoms with Crippen LogP contribution < -0.4 is 5.32 Å². The molecule has 0 saturated heterocycles. The number of amides is 1. The summed E-state index contributed by atoms with van der Waals surface area (Å²) < 4.78 is 0. The van der Waals surface area contributed by atoms with Crippen LogP contribution in [0.25, 0.3) is 10.9 Å². The van der Waals surface area contributed by atoms with Crippen LogP contribution >= 0.6 is 0 Å². The van der Waals surface area contributed by atoms with E-state index in [4.69, 9.17) is 5.11 Å². The standard InChI is InChI=1S/C16H18N2O3/c19-15(10-3-1-4-11(9-10)16(20)21)18-14-6-2-5-13-12(14)7-8-17-13/h2,5-8,10-11,17H,1,3-4,9H2,(H,18,19)(H,20,21). The summed E-state index contributed by atoms with van der Waals surface area (Å²) in [7, 11) is 0.